The average molecular weight is 413 g/mol. The van der Waals surface area contributed by atoms with Gasteiger partial charge in [0.05, 0.1) is 17.6 Å². The number of aromatic nitrogens is 3. The third kappa shape index (κ3) is 3.79. The first-order valence-corrected chi connectivity index (χ1v) is 10.9. The van der Waals surface area contributed by atoms with Gasteiger partial charge >= 0.3 is 0 Å². The van der Waals surface area contributed by atoms with Gasteiger partial charge in [0.1, 0.15) is 5.69 Å². The Balaban J connectivity index is 1.48. The number of H-pyrrole nitrogens is 1. The summed E-state index contributed by atoms with van der Waals surface area (Å²) in [4.78, 5) is 9.37. The summed E-state index contributed by atoms with van der Waals surface area (Å²) in [5.74, 6) is 1.47. The van der Waals surface area contributed by atoms with Gasteiger partial charge in [-0.15, -0.1) is 0 Å². The van der Waals surface area contributed by atoms with E-state index in [1.165, 1.54) is 11.1 Å². The van der Waals surface area contributed by atoms with Crippen molar-refractivity contribution < 1.29 is 0 Å². The van der Waals surface area contributed by atoms with E-state index in [2.05, 4.69) is 89.1 Å². The average Bonchev–Trinajstić information content (AvgIpc) is 3.38. The third-order valence-electron chi connectivity index (χ3n) is 5.97. The molecule has 0 spiro atoms. The molecule has 6 heteroatoms. The van der Waals surface area contributed by atoms with Crippen LogP contribution in [0.1, 0.15) is 30.7 Å². The van der Waals surface area contributed by atoms with Gasteiger partial charge in [-0.2, -0.15) is 5.10 Å². The Morgan fingerprint density at radius 3 is 2.84 bits per heavy atom. The molecule has 2 atom stereocenters. The van der Waals surface area contributed by atoms with Crippen LogP contribution in [0.3, 0.4) is 0 Å². The van der Waals surface area contributed by atoms with Crippen molar-refractivity contribution in [2.75, 3.05) is 6.54 Å². The predicted octanol–water partition coefficient (Wildman–Crippen LogP) is 3.89. The van der Waals surface area contributed by atoms with Crippen LogP contribution >= 0.6 is 0 Å². The molecule has 1 aromatic carbocycles. The van der Waals surface area contributed by atoms with Crippen molar-refractivity contribution >= 4 is 16.7 Å². The lowest BCUT2D eigenvalue weighted by Crippen LogP contribution is -2.33. The molecule has 6 nitrogen and oxygen atoms in total. The second-order valence-electron chi connectivity index (χ2n) is 8.74. The van der Waals surface area contributed by atoms with Crippen molar-refractivity contribution in [2.24, 2.45) is 10.9 Å². The summed E-state index contributed by atoms with van der Waals surface area (Å²) < 4.78 is 0. The zero-order valence-corrected chi connectivity index (χ0v) is 18.2. The lowest BCUT2D eigenvalue weighted by Gasteiger charge is -2.13. The van der Waals surface area contributed by atoms with Gasteiger partial charge in [-0.25, -0.2) is 0 Å². The molecule has 3 heterocycles. The van der Waals surface area contributed by atoms with Gasteiger partial charge in [-0.1, -0.05) is 44.2 Å². The molecule has 0 saturated heterocycles. The van der Waals surface area contributed by atoms with Crippen LogP contribution in [0, 0.1) is 12.8 Å². The monoisotopic (exact) mass is 412 g/mol. The molecule has 1 aliphatic heterocycles. The number of hydrogen-bond acceptors (Lipinski definition) is 5. The van der Waals surface area contributed by atoms with E-state index in [0.717, 1.165) is 46.6 Å². The zero-order chi connectivity index (χ0) is 21.4. The SMILES string of the molecule is Cc1c(CNCC(C)C)cncc1-c1ccc2[nH]nc(C3=NC4C=CC=CC4N3)c2c1. The number of allylic oxidation sites excluding steroid dienone is 2. The van der Waals surface area contributed by atoms with Gasteiger partial charge < -0.3 is 10.6 Å². The van der Waals surface area contributed by atoms with Crippen molar-refractivity contribution in [2.45, 2.75) is 39.4 Å². The summed E-state index contributed by atoms with van der Waals surface area (Å²) >= 11 is 0. The first-order valence-electron chi connectivity index (χ1n) is 10.9. The quantitative estimate of drug-likeness (QED) is 0.574. The van der Waals surface area contributed by atoms with Crippen molar-refractivity contribution in [1.82, 2.24) is 25.8 Å². The largest absolute Gasteiger partial charge is 0.360 e. The number of benzene rings is 1. The number of aromatic amines is 1. The molecule has 0 radical (unpaired) electrons. The van der Waals surface area contributed by atoms with E-state index in [1.54, 1.807) is 0 Å². The van der Waals surface area contributed by atoms with Crippen molar-refractivity contribution in [1.29, 1.82) is 0 Å². The Bertz CT molecular complexity index is 1200. The zero-order valence-electron chi connectivity index (χ0n) is 18.2. The van der Waals surface area contributed by atoms with Gasteiger partial charge in [0, 0.05) is 29.9 Å². The highest BCUT2D eigenvalue weighted by Crippen LogP contribution is 2.29. The molecule has 5 rings (SSSR count). The minimum atomic E-state index is 0.136. The third-order valence-corrected chi connectivity index (χ3v) is 5.97. The molecular weight excluding hydrogens is 384 g/mol. The smallest absolute Gasteiger partial charge is 0.151 e. The van der Waals surface area contributed by atoms with E-state index < -0.39 is 0 Å². The normalized spacial score (nSPS) is 19.7. The van der Waals surface area contributed by atoms with E-state index in [0.29, 0.717) is 5.92 Å². The fourth-order valence-corrected chi connectivity index (χ4v) is 4.22. The first kappa shape index (κ1) is 19.7. The number of pyridine rings is 1. The molecule has 3 N–H and O–H groups in total. The number of amidine groups is 1. The van der Waals surface area contributed by atoms with Gasteiger partial charge in [0.15, 0.2) is 5.84 Å². The molecule has 3 aromatic rings. The molecule has 2 aliphatic rings. The highest BCUT2D eigenvalue weighted by atomic mass is 15.2. The number of rotatable bonds is 6. The molecule has 31 heavy (non-hydrogen) atoms. The summed E-state index contributed by atoms with van der Waals surface area (Å²) in [6.07, 6.45) is 12.3. The molecule has 1 aliphatic carbocycles. The maximum atomic E-state index is 4.85. The maximum absolute atomic E-state index is 4.85. The Morgan fingerprint density at radius 1 is 1.13 bits per heavy atom. The summed E-state index contributed by atoms with van der Waals surface area (Å²) in [6, 6.07) is 6.76. The molecule has 2 unspecified atom stereocenters. The Kier molecular flexibility index (Phi) is 5.16. The molecular formula is C25H28N6. The maximum Gasteiger partial charge on any atom is 0.151 e. The first-order chi connectivity index (χ1) is 15.1. The molecule has 0 saturated carbocycles. The Hall–Kier alpha value is -3.25. The highest BCUT2D eigenvalue weighted by molar-refractivity contribution is 6.09. The van der Waals surface area contributed by atoms with Crippen LogP contribution in [0.2, 0.25) is 0 Å². The van der Waals surface area contributed by atoms with Gasteiger partial charge in [-0.3, -0.25) is 15.1 Å². The van der Waals surface area contributed by atoms with Crippen molar-refractivity contribution in [3.8, 4) is 11.1 Å². The number of hydrogen-bond donors (Lipinski definition) is 3. The van der Waals surface area contributed by atoms with E-state index in [-0.39, 0.29) is 12.1 Å². The van der Waals surface area contributed by atoms with Crippen LogP contribution in [0.5, 0.6) is 0 Å². The lowest BCUT2D eigenvalue weighted by atomic mass is 9.97. The van der Waals surface area contributed by atoms with Crippen molar-refractivity contribution in [3.63, 3.8) is 0 Å². The molecule has 0 fully saturated rings. The minimum absolute atomic E-state index is 0.136. The Labute approximate surface area is 182 Å². The number of fused-ring (bicyclic) bond motifs is 2. The highest BCUT2D eigenvalue weighted by Gasteiger charge is 2.28. The van der Waals surface area contributed by atoms with Crippen LogP contribution in [0.25, 0.3) is 22.0 Å². The standard InChI is InChI=1S/C25H28N6/c1-15(2)11-26-12-18-13-27-14-20(16(18)3)17-8-9-21-19(10-17)24(31-30-21)25-28-22-6-4-5-7-23(22)29-25/h4-10,13-15,22-23,26H,11-12H2,1-3H3,(H,28,29)(H,30,31). The van der Waals surface area contributed by atoms with Gasteiger partial charge in [0.2, 0.25) is 0 Å². The predicted molar refractivity (Wildman–Crippen MR) is 126 cm³/mol. The number of nitrogens with one attached hydrogen (secondary N) is 3. The summed E-state index contributed by atoms with van der Waals surface area (Å²) in [5.41, 5.74) is 6.65. The van der Waals surface area contributed by atoms with Gasteiger partial charge in [-0.05, 0) is 48.2 Å². The fraction of sp³-hybridized carbons (Fsp3) is 0.320. The number of nitrogens with zero attached hydrogens (tertiary/aromatic N) is 3. The van der Waals surface area contributed by atoms with E-state index in [4.69, 9.17) is 4.99 Å². The van der Waals surface area contributed by atoms with Crippen LogP contribution < -0.4 is 10.6 Å². The van der Waals surface area contributed by atoms with Crippen LogP contribution in [-0.2, 0) is 6.54 Å². The van der Waals surface area contributed by atoms with Crippen LogP contribution in [0.15, 0.2) is 59.9 Å². The van der Waals surface area contributed by atoms with E-state index in [1.807, 2.05) is 12.4 Å². The van der Waals surface area contributed by atoms with E-state index in [9.17, 15) is 0 Å². The molecule has 0 amide bonds. The van der Waals surface area contributed by atoms with Crippen LogP contribution in [-0.4, -0.2) is 39.6 Å². The summed E-state index contributed by atoms with van der Waals surface area (Å²) in [6.45, 7) is 8.44. The fourth-order valence-electron chi connectivity index (χ4n) is 4.22. The Morgan fingerprint density at radius 2 is 2.00 bits per heavy atom. The van der Waals surface area contributed by atoms with Gasteiger partial charge in [0.25, 0.3) is 0 Å². The number of aliphatic imine (C=N–C) groups is 1. The van der Waals surface area contributed by atoms with Crippen molar-refractivity contribution in [3.05, 3.63) is 71.7 Å². The molecule has 0 bridgehead atoms. The molecule has 2 aromatic heterocycles. The lowest BCUT2D eigenvalue weighted by molar-refractivity contribution is 0.551. The molecule has 158 valence electrons. The van der Waals surface area contributed by atoms with E-state index >= 15 is 0 Å². The summed E-state index contributed by atoms with van der Waals surface area (Å²) in [7, 11) is 0. The minimum Gasteiger partial charge on any atom is -0.360 e. The second kappa shape index (κ2) is 8.12. The van der Waals surface area contributed by atoms with Crippen LogP contribution in [0.4, 0.5) is 0 Å². The topological polar surface area (TPSA) is 78.0 Å². The second-order valence-corrected chi connectivity index (χ2v) is 8.74. The summed E-state index contributed by atoms with van der Waals surface area (Å²) in [5, 5.41) is 15.8.